The number of benzene rings is 2. The molecule has 0 saturated carbocycles. The first-order valence-electron chi connectivity index (χ1n) is 8.12. The van der Waals surface area contributed by atoms with Crippen molar-refractivity contribution in [1.82, 2.24) is 4.90 Å². The molecule has 0 spiro atoms. The Morgan fingerprint density at radius 2 is 1.58 bits per heavy atom. The van der Waals surface area contributed by atoms with Gasteiger partial charge in [0.2, 0.25) is 0 Å². The summed E-state index contributed by atoms with van der Waals surface area (Å²) in [4.78, 5) is 26.5. The van der Waals surface area contributed by atoms with Gasteiger partial charge in [-0.25, -0.2) is 0 Å². The number of hydrogen-bond donors (Lipinski definition) is 0. The summed E-state index contributed by atoms with van der Waals surface area (Å²) in [6, 6.07) is 18.8. The molecule has 0 aliphatic carbocycles. The Labute approximate surface area is 143 Å². The molecule has 0 N–H and O–H groups in total. The number of methoxy groups -OCH3 is 1. The lowest BCUT2D eigenvalue weighted by Crippen LogP contribution is -2.41. The van der Waals surface area contributed by atoms with E-state index in [0.29, 0.717) is 18.5 Å². The molecule has 2 rings (SSSR count). The summed E-state index contributed by atoms with van der Waals surface area (Å²) >= 11 is 0. The molecule has 4 heteroatoms. The minimum Gasteiger partial charge on any atom is -0.469 e. The van der Waals surface area contributed by atoms with Crippen LogP contribution in [0.4, 0.5) is 0 Å². The van der Waals surface area contributed by atoms with Gasteiger partial charge in [0.25, 0.3) is 5.91 Å². The first-order valence-corrected chi connectivity index (χ1v) is 8.12. The lowest BCUT2D eigenvalue weighted by molar-refractivity contribution is -0.141. The summed E-state index contributed by atoms with van der Waals surface area (Å²) in [5.74, 6) is -0.379. The first kappa shape index (κ1) is 17.7. The van der Waals surface area contributed by atoms with E-state index in [9.17, 15) is 9.59 Å². The van der Waals surface area contributed by atoms with E-state index in [-0.39, 0.29) is 24.3 Å². The quantitative estimate of drug-likeness (QED) is 0.730. The van der Waals surface area contributed by atoms with E-state index in [1.54, 1.807) is 17.0 Å². The van der Waals surface area contributed by atoms with Crippen molar-refractivity contribution in [1.29, 1.82) is 0 Å². The Hall–Kier alpha value is -2.62. The summed E-state index contributed by atoms with van der Waals surface area (Å²) in [7, 11) is 1.37. The Bertz CT molecular complexity index is 655. The van der Waals surface area contributed by atoms with Crippen LogP contribution in [0.15, 0.2) is 60.7 Å². The maximum Gasteiger partial charge on any atom is 0.307 e. The summed E-state index contributed by atoms with van der Waals surface area (Å²) in [5.41, 5.74) is 1.65. The molecular formula is C20H23NO3. The molecule has 0 heterocycles. The van der Waals surface area contributed by atoms with Crippen molar-refractivity contribution < 1.29 is 14.3 Å². The van der Waals surface area contributed by atoms with E-state index in [4.69, 9.17) is 4.74 Å². The van der Waals surface area contributed by atoms with E-state index in [2.05, 4.69) is 0 Å². The number of carbonyl (C=O) groups excluding carboxylic acids is 2. The van der Waals surface area contributed by atoms with Crippen molar-refractivity contribution in [2.45, 2.75) is 32.4 Å². The Morgan fingerprint density at radius 1 is 1.00 bits per heavy atom. The van der Waals surface area contributed by atoms with Crippen molar-refractivity contribution in [3.8, 4) is 0 Å². The van der Waals surface area contributed by atoms with Crippen LogP contribution in [0.5, 0.6) is 0 Å². The van der Waals surface area contributed by atoms with Crippen LogP contribution < -0.4 is 0 Å². The first-order chi connectivity index (χ1) is 11.7. The molecule has 2 aromatic rings. The maximum atomic E-state index is 13.0. The summed E-state index contributed by atoms with van der Waals surface area (Å²) in [6.07, 6.45) is 0.874. The lowest BCUT2D eigenvalue weighted by atomic mass is 10.1. The third-order valence-corrected chi connectivity index (χ3v) is 4.02. The van der Waals surface area contributed by atoms with Crippen LogP contribution in [-0.4, -0.2) is 29.9 Å². The van der Waals surface area contributed by atoms with Gasteiger partial charge < -0.3 is 9.64 Å². The van der Waals surface area contributed by atoms with Gasteiger partial charge in [0, 0.05) is 18.2 Å². The van der Waals surface area contributed by atoms with Crippen LogP contribution >= 0.6 is 0 Å². The zero-order chi connectivity index (χ0) is 17.4. The average molecular weight is 325 g/mol. The highest BCUT2D eigenvalue weighted by atomic mass is 16.5. The molecule has 0 aliphatic rings. The second-order valence-electron chi connectivity index (χ2n) is 5.63. The number of carbonyl (C=O) groups is 2. The van der Waals surface area contributed by atoms with Crippen molar-refractivity contribution in [2.24, 2.45) is 0 Å². The second kappa shape index (κ2) is 8.87. The van der Waals surface area contributed by atoms with Crippen molar-refractivity contribution >= 4 is 11.9 Å². The van der Waals surface area contributed by atoms with Crippen molar-refractivity contribution in [3.05, 3.63) is 71.8 Å². The van der Waals surface area contributed by atoms with Gasteiger partial charge in [-0.05, 0) is 24.1 Å². The SMILES string of the molecule is CC[C@H](CC(=O)OC)N(Cc1ccccc1)C(=O)c1ccccc1. The fourth-order valence-corrected chi connectivity index (χ4v) is 2.64. The number of ether oxygens (including phenoxy) is 1. The largest absolute Gasteiger partial charge is 0.469 e. The number of hydrogen-bond acceptors (Lipinski definition) is 3. The zero-order valence-corrected chi connectivity index (χ0v) is 14.1. The van der Waals surface area contributed by atoms with Gasteiger partial charge in [0.1, 0.15) is 0 Å². The smallest absolute Gasteiger partial charge is 0.307 e. The van der Waals surface area contributed by atoms with Gasteiger partial charge in [0.05, 0.1) is 13.5 Å². The summed E-state index contributed by atoms with van der Waals surface area (Å²) < 4.78 is 4.79. The van der Waals surface area contributed by atoms with Crippen LogP contribution in [0, 0.1) is 0 Å². The molecule has 4 nitrogen and oxygen atoms in total. The highest BCUT2D eigenvalue weighted by Gasteiger charge is 2.26. The normalized spacial score (nSPS) is 11.6. The predicted octanol–water partition coefficient (Wildman–Crippen LogP) is 3.67. The monoisotopic (exact) mass is 325 g/mol. The summed E-state index contributed by atoms with van der Waals surface area (Å²) in [5, 5.41) is 0. The molecule has 0 radical (unpaired) electrons. The van der Waals surface area contributed by atoms with E-state index in [0.717, 1.165) is 5.56 Å². The Kier molecular flexibility index (Phi) is 6.55. The van der Waals surface area contributed by atoms with E-state index >= 15 is 0 Å². The topological polar surface area (TPSA) is 46.6 Å². The summed E-state index contributed by atoms with van der Waals surface area (Å²) in [6.45, 7) is 2.44. The van der Waals surface area contributed by atoms with Crippen LogP contribution in [0.25, 0.3) is 0 Å². The lowest BCUT2D eigenvalue weighted by Gasteiger charge is -2.31. The molecule has 24 heavy (non-hydrogen) atoms. The van der Waals surface area contributed by atoms with Gasteiger partial charge in [0.15, 0.2) is 0 Å². The molecule has 1 amide bonds. The number of amides is 1. The molecular weight excluding hydrogens is 302 g/mol. The molecule has 0 aromatic heterocycles. The third kappa shape index (κ3) is 4.69. The number of esters is 1. The molecule has 0 unspecified atom stereocenters. The average Bonchev–Trinajstić information content (AvgIpc) is 2.65. The number of nitrogens with zero attached hydrogens (tertiary/aromatic N) is 1. The minimum absolute atomic E-state index is 0.0739. The second-order valence-corrected chi connectivity index (χ2v) is 5.63. The van der Waals surface area contributed by atoms with Gasteiger partial charge in [-0.15, -0.1) is 0 Å². The fourth-order valence-electron chi connectivity index (χ4n) is 2.64. The molecule has 1 atom stereocenters. The van der Waals surface area contributed by atoms with Gasteiger partial charge in [-0.3, -0.25) is 9.59 Å². The molecule has 0 saturated heterocycles. The van der Waals surface area contributed by atoms with Crippen LogP contribution in [-0.2, 0) is 16.1 Å². The molecule has 126 valence electrons. The van der Waals surface area contributed by atoms with Crippen LogP contribution in [0.2, 0.25) is 0 Å². The highest BCUT2D eigenvalue weighted by molar-refractivity contribution is 5.94. The minimum atomic E-state index is -0.305. The third-order valence-electron chi connectivity index (χ3n) is 4.02. The Balaban J connectivity index is 2.29. The molecule has 0 bridgehead atoms. The molecule has 0 fully saturated rings. The fraction of sp³-hybridized carbons (Fsp3) is 0.300. The van der Waals surface area contributed by atoms with E-state index in [1.807, 2.05) is 55.5 Å². The molecule has 2 aromatic carbocycles. The predicted molar refractivity (Wildman–Crippen MR) is 93.5 cm³/mol. The van der Waals surface area contributed by atoms with Gasteiger partial charge >= 0.3 is 5.97 Å². The van der Waals surface area contributed by atoms with E-state index < -0.39 is 0 Å². The Morgan fingerprint density at radius 3 is 2.12 bits per heavy atom. The van der Waals surface area contributed by atoms with Crippen molar-refractivity contribution in [2.75, 3.05) is 7.11 Å². The standard InChI is InChI=1S/C20H23NO3/c1-3-18(14-19(22)24-2)21(15-16-10-6-4-7-11-16)20(23)17-12-8-5-9-13-17/h4-13,18H,3,14-15H2,1-2H3/t18-/m1/s1. The van der Waals surface area contributed by atoms with Gasteiger partial charge in [-0.1, -0.05) is 55.5 Å². The highest BCUT2D eigenvalue weighted by Crippen LogP contribution is 2.18. The van der Waals surface area contributed by atoms with Gasteiger partial charge in [-0.2, -0.15) is 0 Å². The van der Waals surface area contributed by atoms with E-state index in [1.165, 1.54) is 7.11 Å². The maximum absolute atomic E-state index is 13.0. The molecule has 0 aliphatic heterocycles. The van der Waals surface area contributed by atoms with Crippen LogP contribution in [0.1, 0.15) is 35.7 Å². The number of rotatable bonds is 7. The van der Waals surface area contributed by atoms with Crippen LogP contribution in [0.3, 0.4) is 0 Å². The zero-order valence-electron chi connectivity index (χ0n) is 14.1. The van der Waals surface area contributed by atoms with Crippen molar-refractivity contribution in [3.63, 3.8) is 0 Å².